The van der Waals surface area contributed by atoms with Crippen molar-refractivity contribution in [3.63, 3.8) is 0 Å². The molecule has 0 bridgehead atoms. The van der Waals surface area contributed by atoms with Crippen molar-refractivity contribution >= 4 is 57.6 Å². The Morgan fingerprint density at radius 2 is 1.42 bits per heavy atom. The molecule has 13 nitrogen and oxygen atoms in total. The fourth-order valence-corrected chi connectivity index (χ4v) is 18.6. The number of rotatable bonds is 9. The van der Waals surface area contributed by atoms with Gasteiger partial charge >= 0.3 is 23.2 Å². The Balaban J connectivity index is 1.37. The third-order valence-electron chi connectivity index (χ3n) is 9.91. The molecule has 6 rings (SSSR count). The van der Waals surface area contributed by atoms with Crippen LogP contribution in [0.2, 0.25) is 22.2 Å². The molecule has 3 atom stereocenters. The highest BCUT2D eigenvalue weighted by molar-refractivity contribution is 6.84. The number of imidazole rings is 1. The van der Waals surface area contributed by atoms with E-state index in [2.05, 4.69) is 75.7 Å². The van der Waals surface area contributed by atoms with Crippen molar-refractivity contribution in [2.24, 2.45) is 0 Å². The van der Waals surface area contributed by atoms with Gasteiger partial charge in [0.2, 0.25) is 11.9 Å². The largest absolute Gasteiger partial charge is 0.425 e. The summed E-state index contributed by atoms with van der Waals surface area (Å²) in [7, 11) is -5.61. The fourth-order valence-electron chi connectivity index (χ4n) is 7.34. The van der Waals surface area contributed by atoms with Crippen LogP contribution in [-0.4, -0.2) is 67.5 Å². The number of carbonyl (C=O) groups excluding carboxylic acids is 2. The van der Waals surface area contributed by atoms with E-state index in [1.165, 1.54) is 11.8 Å². The summed E-state index contributed by atoms with van der Waals surface area (Å²) in [5.41, 5.74) is 2.51. The Labute approximate surface area is 307 Å². The van der Waals surface area contributed by atoms with Crippen LogP contribution in [0.5, 0.6) is 5.88 Å². The van der Waals surface area contributed by atoms with Crippen LogP contribution in [0.15, 0.2) is 67.0 Å². The molecule has 2 amide bonds. The Morgan fingerprint density at radius 1 is 0.846 bits per heavy atom. The maximum absolute atomic E-state index is 14.0. The van der Waals surface area contributed by atoms with Crippen molar-refractivity contribution in [2.45, 2.75) is 109 Å². The van der Waals surface area contributed by atoms with Crippen molar-refractivity contribution < 1.29 is 32.0 Å². The highest BCUT2D eigenvalue weighted by Crippen LogP contribution is 2.48. The maximum Gasteiger partial charge on any atom is 0.425 e. The van der Waals surface area contributed by atoms with Crippen LogP contribution in [0.25, 0.3) is 11.2 Å². The molecule has 2 aromatic heterocycles. The van der Waals surface area contributed by atoms with Crippen LogP contribution in [0, 0.1) is 0 Å². The van der Waals surface area contributed by atoms with Gasteiger partial charge in [-0.3, -0.25) is 14.7 Å². The van der Waals surface area contributed by atoms with E-state index in [4.69, 9.17) is 22.4 Å². The average Bonchev–Trinajstić information content (AvgIpc) is 3.69. The number of aromatic nitrogens is 4. The number of anilines is 3. The van der Waals surface area contributed by atoms with E-state index in [1.807, 2.05) is 60.7 Å². The number of hydrogen-bond acceptors (Lipinski definition) is 10. The Kier molecular flexibility index (Phi) is 11.0. The number of para-hydroxylation sites is 2. The Bertz CT molecular complexity index is 1820. The molecule has 278 valence electrons. The predicted octanol–water partition coefficient (Wildman–Crippen LogP) is 8.37. The highest BCUT2D eigenvalue weighted by atomic mass is 28.5. The molecule has 2 saturated heterocycles. The second-order valence-corrected chi connectivity index (χ2v) is 23.6. The summed E-state index contributed by atoms with van der Waals surface area (Å²) in [6.07, 6.45) is 0.158. The van der Waals surface area contributed by atoms with Gasteiger partial charge in [0.1, 0.15) is 12.3 Å². The first-order valence-electron chi connectivity index (χ1n) is 18.1. The van der Waals surface area contributed by atoms with E-state index in [0.29, 0.717) is 30.0 Å². The number of nitrogens with one attached hydrogen (secondary N) is 1. The number of nitrogens with zero attached hydrogens (tertiary/aromatic N) is 5. The van der Waals surface area contributed by atoms with Crippen LogP contribution < -0.4 is 15.0 Å². The minimum Gasteiger partial charge on any atom is -0.414 e. The molecule has 2 aliphatic heterocycles. The van der Waals surface area contributed by atoms with Gasteiger partial charge in [0.25, 0.3) is 5.88 Å². The lowest BCUT2D eigenvalue weighted by Crippen LogP contribution is -2.65. The third-order valence-corrected chi connectivity index (χ3v) is 20.2. The molecule has 0 spiro atoms. The molecule has 0 radical (unpaired) electrons. The molecule has 2 fully saturated rings. The second-order valence-electron chi connectivity index (χ2n) is 14.7. The van der Waals surface area contributed by atoms with Crippen molar-refractivity contribution in [1.29, 1.82) is 0 Å². The molecule has 4 heterocycles. The molecule has 1 N–H and O–H groups in total. The van der Waals surface area contributed by atoms with Gasteiger partial charge in [-0.2, -0.15) is 9.97 Å². The van der Waals surface area contributed by atoms with Crippen molar-refractivity contribution in [3.05, 3.63) is 67.0 Å². The van der Waals surface area contributed by atoms with E-state index >= 15 is 0 Å². The molecule has 0 aliphatic carbocycles. The summed E-state index contributed by atoms with van der Waals surface area (Å²) in [6, 6.07) is 18.3. The van der Waals surface area contributed by atoms with Gasteiger partial charge in [-0.1, -0.05) is 91.8 Å². The lowest BCUT2D eigenvalue weighted by Gasteiger charge is -2.51. The summed E-state index contributed by atoms with van der Waals surface area (Å²) in [5.74, 6) is -0.532. The molecule has 52 heavy (non-hydrogen) atoms. The monoisotopic (exact) mass is 747 g/mol. The zero-order valence-electron chi connectivity index (χ0n) is 31.4. The Hall–Kier alpha value is -4.00. The fraction of sp³-hybridized carbons (Fsp3) is 0.486. The van der Waals surface area contributed by atoms with E-state index in [0.717, 1.165) is 0 Å². The quantitative estimate of drug-likeness (QED) is 0.131. The van der Waals surface area contributed by atoms with E-state index < -0.39 is 29.4 Å². The van der Waals surface area contributed by atoms with Crippen LogP contribution in [0.4, 0.5) is 22.1 Å². The number of ether oxygens (including phenoxy) is 2. The van der Waals surface area contributed by atoms with Gasteiger partial charge < -0.3 is 22.4 Å². The minimum atomic E-state index is -2.86. The van der Waals surface area contributed by atoms with Crippen LogP contribution in [-0.2, 0) is 22.5 Å². The van der Waals surface area contributed by atoms with Crippen LogP contribution in [0.3, 0.4) is 0 Å². The van der Waals surface area contributed by atoms with Crippen molar-refractivity contribution in [2.75, 3.05) is 16.8 Å². The van der Waals surface area contributed by atoms with Gasteiger partial charge in [0.15, 0.2) is 11.2 Å². The SMILES string of the molecule is CC(=O)Nc1nc(OC(=O)N(c2ccccc2)c2ccccc2)c2ncn([C@H]3C[C@@H]4O[Si](C(C)C)(C(C)C)O[Si](C(C)C)(C(C)C)O[13CH2][C@H]4O3)c2n1. The average molecular weight is 748 g/mol. The van der Waals surface area contributed by atoms with Gasteiger partial charge in [-0.15, -0.1) is 0 Å². The van der Waals surface area contributed by atoms with E-state index in [9.17, 15) is 9.59 Å². The van der Waals surface area contributed by atoms with E-state index in [1.54, 1.807) is 10.9 Å². The van der Waals surface area contributed by atoms with Gasteiger partial charge in [-0.05, 0) is 46.4 Å². The highest BCUT2D eigenvalue weighted by Gasteiger charge is 2.60. The van der Waals surface area contributed by atoms with E-state index in [-0.39, 0.29) is 57.6 Å². The maximum atomic E-state index is 14.0. The van der Waals surface area contributed by atoms with Gasteiger partial charge in [0, 0.05) is 13.3 Å². The minimum absolute atomic E-state index is 0.0387. The van der Waals surface area contributed by atoms with Gasteiger partial charge in [0.05, 0.1) is 30.4 Å². The molecule has 2 aliphatic rings. The first kappa shape index (κ1) is 37.8. The summed E-state index contributed by atoms with van der Waals surface area (Å²) < 4.78 is 36.0. The zero-order chi connectivity index (χ0) is 37.4. The molecular formula is C37H50N6O7Si2. The topological polar surface area (TPSA) is 139 Å². The lowest BCUT2D eigenvalue weighted by molar-refractivity contribution is -0.114. The predicted molar refractivity (Wildman–Crippen MR) is 203 cm³/mol. The number of fused-ring (bicyclic) bond motifs is 2. The summed E-state index contributed by atoms with van der Waals surface area (Å²) in [6.45, 7) is 19.2. The first-order valence-corrected chi connectivity index (χ1v) is 22.0. The zero-order valence-corrected chi connectivity index (χ0v) is 33.4. The number of benzene rings is 2. The molecule has 0 unspecified atom stereocenters. The third kappa shape index (κ3) is 7.17. The smallest absolute Gasteiger partial charge is 0.414 e. The number of amides is 2. The summed E-state index contributed by atoms with van der Waals surface area (Å²) >= 11 is 0. The Morgan fingerprint density at radius 3 is 1.96 bits per heavy atom. The number of carbonyl (C=O) groups is 2. The molecule has 0 saturated carbocycles. The molecule has 15 heteroatoms. The molecule has 2 aromatic carbocycles. The van der Waals surface area contributed by atoms with Crippen LogP contribution in [0.1, 0.15) is 75.0 Å². The van der Waals surface area contributed by atoms with Crippen molar-refractivity contribution in [1.82, 2.24) is 19.5 Å². The standard InChI is InChI=1S/C37H50N6O7Si2/c1-23(2)51(24(3)4)46-21-31-30(49-52(50-51,25(5)6)26(7)8)20-32(47-31)42-22-38-33-34(42)40-36(39-27(9)44)41-35(33)48-37(45)43(28-16-12-10-13-17-28)29-18-14-11-15-19-29/h10-19,22-26,30-32H,20-21H2,1-9H3,(H,39,40,41,44)/t30-,31+,32+/m0/s1/i21+1. The molecular weight excluding hydrogens is 698 g/mol. The van der Waals surface area contributed by atoms with Crippen LogP contribution >= 0.6 is 0 Å². The first-order chi connectivity index (χ1) is 24.8. The molecule has 4 aromatic rings. The summed E-state index contributed by atoms with van der Waals surface area (Å²) in [5, 5.41) is 2.64. The summed E-state index contributed by atoms with van der Waals surface area (Å²) in [4.78, 5) is 41.3. The van der Waals surface area contributed by atoms with Crippen molar-refractivity contribution in [3.8, 4) is 5.88 Å². The second kappa shape index (κ2) is 15.2. The van der Waals surface area contributed by atoms with Gasteiger partial charge in [-0.25, -0.2) is 14.7 Å². The number of hydrogen-bond donors (Lipinski definition) is 1. The normalized spacial score (nSPS) is 21.3. The lowest BCUT2D eigenvalue weighted by atomic mass is 10.2.